The van der Waals surface area contributed by atoms with Crippen LogP contribution in [-0.2, 0) is 23.0 Å². The van der Waals surface area contributed by atoms with Gasteiger partial charge >= 0.3 is 0 Å². The maximum atomic E-state index is 12.3. The van der Waals surface area contributed by atoms with E-state index in [1.54, 1.807) is 0 Å². The number of fused-ring (bicyclic) bond motifs is 1. The number of imidazole rings is 1. The third-order valence-electron chi connectivity index (χ3n) is 5.42. The van der Waals surface area contributed by atoms with E-state index in [-0.39, 0.29) is 11.3 Å². The molecular weight excluding hydrogens is 290 g/mol. The molecule has 1 spiro atoms. The van der Waals surface area contributed by atoms with Crippen molar-refractivity contribution in [3.05, 3.63) is 30.1 Å². The summed E-state index contributed by atoms with van der Waals surface area (Å²) >= 11 is 0. The predicted octanol–water partition coefficient (Wildman–Crippen LogP) is 2.14. The second-order valence-electron chi connectivity index (χ2n) is 6.94. The number of likely N-dealkylation sites (tertiary alicyclic amines) is 1. The van der Waals surface area contributed by atoms with E-state index in [2.05, 4.69) is 17.7 Å². The van der Waals surface area contributed by atoms with E-state index in [0.717, 1.165) is 62.4 Å². The Kier molecular flexibility index (Phi) is 3.60. The summed E-state index contributed by atoms with van der Waals surface area (Å²) in [5.74, 6) is 1.32. The number of nitrogens with zero attached hydrogens (tertiary/aromatic N) is 3. The van der Waals surface area contributed by atoms with Crippen LogP contribution < -0.4 is 0 Å². The Bertz CT molecular complexity index is 731. The first-order valence-corrected chi connectivity index (χ1v) is 8.43. The van der Waals surface area contributed by atoms with E-state index in [9.17, 15) is 4.79 Å². The minimum absolute atomic E-state index is 0.209. The molecule has 0 unspecified atom stereocenters. The van der Waals surface area contributed by atoms with Gasteiger partial charge in [-0.3, -0.25) is 4.79 Å². The van der Waals surface area contributed by atoms with Gasteiger partial charge in [0, 0.05) is 45.0 Å². The molecule has 5 nitrogen and oxygen atoms in total. The van der Waals surface area contributed by atoms with E-state index in [1.807, 2.05) is 23.1 Å². The van der Waals surface area contributed by atoms with Crippen LogP contribution in [0.3, 0.4) is 0 Å². The SMILES string of the molecule is Cn1c(CCN2C[C@@]3(CCOC3)CCC2=O)nc2ccccc21. The van der Waals surface area contributed by atoms with Gasteiger partial charge in [-0.25, -0.2) is 4.98 Å². The van der Waals surface area contributed by atoms with Crippen LogP contribution in [0.25, 0.3) is 11.0 Å². The summed E-state index contributed by atoms with van der Waals surface area (Å²) in [4.78, 5) is 19.0. The summed E-state index contributed by atoms with van der Waals surface area (Å²) in [5, 5.41) is 0. The van der Waals surface area contributed by atoms with E-state index in [1.165, 1.54) is 0 Å². The highest BCUT2D eigenvalue weighted by molar-refractivity contribution is 5.77. The van der Waals surface area contributed by atoms with Crippen molar-refractivity contribution in [2.24, 2.45) is 12.5 Å². The Labute approximate surface area is 136 Å². The van der Waals surface area contributed by atoms with Crippen LogP contribution in [-0.4, -0.2) is 46.7 Å². The fourth-order valence-electron chi connectivity index (χ4n) is 3.93. The number of piperidine rings is 1. The van der Waals surface area contributed by atoms with Crippen molar-refractivity contribution in [3.63, 3.8) is 0 Å². The molecule has 0 bridgehead atoms. The highest BCUT2D eigenvalue weighted by atomic mass is 16.5. The van der Waals surface area contributed by atoms with Crippen molar-refractivity contribution in [1.29, 1.82) is 0 Å². The molecule has 2 fully saturated rings. The molecule has 2 aromatic rings. The van der Waals surface area contributed by atoms with Crippen LogP contribution in [0.2, 0.25) is 0 Å². The summed E-state index contributed by atoms with van der Waals surface area (Å²) < 4.78 is 7.73. The van der Waals surface area contributed by atoms with Gasteiger partial charge in [0.25, 0.3) is 0 Å². The second kappa shape index (κ2) is 5.64. The molecule has 122 valence electrons. The van der Waals surface area contributed by atoms with E-state index >= 15 is 0 Å². The summed E-state index contributed by atoms with van der Waals surface area (Å²) in [6, 6.07) is 8.17. The Morgan fingerprint density at radius 3 is 2.96 bits per heavy atom. The smallest absolute Gasteiger partial charge is 0.222 e. The number of aromatic nitrogens is 2. The van der Waals surface area contributed by atoms with Crippen LogP contribution in [0, 0.1) is 5.41 Å². The fourth-order valence-corrected chi connectivity index (χ4v) is 3.93. The molecule has 2 aliphatic heterocycles. The molecule has 0 aliphatic carbocycles. The number of hydrogen-bond donors (Lipinski definition) is 0. The number of hydrogen-bond acceptors (Lipinski definition) is 3. The van der Waals surface area contributed by atoms with Gasteiger partial charge < -0.3 is 14.2 Å². The van der Waals surface area contributed by atoms with Crippen LogP contribution in [0.4, 0.5) is 0 Å². The summed E-state index contributed by atoms with van der Waals surface area (Å²) in [6.45, 7) is 3.24. The van der Waals surface area contributed by atoms with Crippen molar-refractivity contribution in [2.45, 2.75) is 25.7 Å². The average molecular weight is 313 g/mol. The number of rotatable bonds is 3. The van der Waals surface area contributed by atoms with Crippen molar-refractivity contribution in [2.75, 3.05) is 26.3 Å². The number of ether oxygens (including phenoxy) is 1. The molecule has 1 atom stereocenters. The number of benzene rings is 1. The monoisotopic (exact) mass is 313 g/mol. The zero-order chi connectivity index (χ0) is 15.9. The first-order chi connectivity index (χ1) is 11.2. The molecule has 3 heterocycles. The van der Waals surface area contributed by atoms with Crippen LogP contribution in [0.1, 0.15) is 25.1 Å². The lowest BCUT2D eigenvalue weighted by Gasteiger charge is -2.39. The van der Waals surface area contributed by atoms with Gasteiger partial charge in [-0.15, -0.1) is 0 Å². The minimum atomic E-state index is 0.209. The normalized spacial score (nSPS) is 24.9. The minimum Gasteiger partial charge on any atom is -0.381 e. The number of carbonyl (C=O) groups excluding carboxylic acids is 1. The zero-order valence-electron chi connectivity index (χ0n) is 13.6. The van der Waals surface area contributed by atoms with Crippen molar-refractivity contribution in [3.8, 4) is 0 Å². The van der Waals surface area contributed by atoms with Crippen LogP contribution in [0.15, 0.2) is 24.3 Å². The largest absolute Gasteiger partial charge is 0.381 e. The van der Waals surface area contributed by atoms with Gasteiger partial charge in [0.1, 0.15) is 5.82 Å². The standard InChI is InChI=1S/C18H23N3O2/c1-20-15-5-3-2-4-14(15)19-16(20)7-10-21-12-18(8-6-17(21)22)9-11-23-13-18/h2-5H,6-13H2,1H3/t18-/m0/s1. The van der Waals surface area contributed by atoms with E-state index in [4.69, 9.17) is 9.72 Å². The molecule has 1 aromatic heterocycles. The lowest BCUT2D eigenvalue weighted by Crippen LogP contribution is -2.47. The predicted molar refractivity (Wildman–Crippen MR) is 88.1 cm³/mol. The molecule has 0 radical (unpaired) electrons. The van der Waals surface area contributed by atoms with Gasteiger partial charge in [0.05, 0.1) is 17.6 Å². The van der Waals surface area contributed by atoms with E-state index < -0.39 is 0 Å². The Morgan fingerprint density at radius 1 is 1.30 bits per heavy atom. The number of aryl methyl sites for hydroxylation is 1. The van der Waals surface area contributed by atoms with Crippen molar-refractivity contribution in [1.82, 2.24) is 14.5 Å². The van der Waals surface area contributed by atoms with Crippen molar-refractivity contribution < 1.29 is 9.53 Å². The number of para-hydroxylation sites is 2. The van der Waals surface area contributed by atoms with Gasteiger partial charge in [-0.1, -0.05) is 12.1 Å². The van der Waals surface area contributed by atoms with Gasteiger partial charge in [-0.05, 0) is 25.0 Å². The molecule has 4 rings (SSSR count). The molecule has 23 heavy (non-hydrogen) atoms. The molecule has 2 saturated heterocycles. The Hall–Kier alpha value is -1.88. The second-order valence-corrected chi connectivity index (χ2v) is 6.94. The third kappa shape index (κ3) is 2.63. The van der Waals surface area contributed by atoms with Crippen molar-refractivity contribution >= 4 is 16.9 Å². The molecular formula is C18H23N3O2. The van der Waals surface area contributed by atoms with E-state index in [0.29, 0.717) is 6.42 Å². The average Bonchev–Trinajstić information content (AvgIpc) is 3.14. The molecule has 0 N–H and O–H groups in total. The summed E-state index contributed by atoms with van der Waals surface area (Å²) in [5.41, 5.74) is 2.38. The zero-order valence-corrected chi connectivity index (χ0v) is 13.6. The lowest BCUT2D eigenvalue weighted by molar-refractivity contribution is -0.137. The summed E-state index contributed by atoms with van der Waals surface area (Å²) in [7, 11) is 2.05. The highest BCUT2D eigenvalue weighted by Gasteiger charge is 2.41. The molecule has 2 aliphatic rings. The van der Waals surface area contributed by atoms with Crippen LogP contribution in [0.5, 0.6) is 0 Å². The maximum absolute atomic E-state index is 12.3. The fraction of sp³-hybridized carbons (Fsp3) is 0.556. The van der Waals surface area contributed by atoms with Gasteiger partial charge in [0.2, 0.25) is 5.91 Å². The Balaban J connectivity index is 1.48. The van der Waals surface area contributed by atoms with Crippen LogP contribution >= 0.6 is 0 Å². The molecule has 1 aromatic carbocycles. The Morgan fingerprint density at radius 2 is 2.17 bits per heavy atom. The van der Waals surface area contributed by atoms with Gasteiger partial charge in [0.15, 0.2) is 0 Å². The summed E-state index contributed by atoms with van der Waals surface area (Å²) in [6.07, 6.45) is 3.53. The number of amides is 1. The highest BCUT2D eigenvalue weighted by Crippen LogP contribution is 2.38. The quantitative estimate of drug-likeness (QED) is 0.872. The first-order valence-electron chi connectivity index (χ1n) is 8.43. The molecule has 1 amide bonds. The lowest BCUT2D eigenvalue weighted by atomic mass is 9.79. The maximum Gasteiger partial charge on any atom is 0.222 e. The third-order valence-corrected chi connectivity index (χ3v) is 5.42. The molecule has 0 saturated carbocycles. The topological polar surface area (TPSA) is 47.4 Å². The first kappa shape index (κ1) is 14.7. The molecule has 5 heteroatoms. The number of carbonyl (C=O) groups is 1. The van der Waals surface area contributed by atoms with Gasteiger partial charge in [-0.2, -0.15) is 0 Å².